The zero-order valence-electron chi connectivity index (χ0n) is 13.4. The van der Waals surface area contributed by atoms with Crippen molar-refractivity contribution in [1.29, 1.82) is 0 Å². The Labute approximate surface area is 133 Å². The lowest BCUT2D eigenvalue weighted by Crippen LogP contribution is -2.35. The minimum Gasteiger partial charge on any atom is -0.388 e. The number of nitrogens with zero attached hydrogens (tertiary/aromatic N) is 1. The van der Waals surface area contributed by atoms with Crippen molar-refractivity contribution < 1.29 is 5.11 Å². The molecule has 2 nitrogen and oxygen atoms in total. The van der Waals surface area contributed by atoms with Crippen molar-refractivity contribution in [3.63, 3.8) is 0 Å². The smallest absolute Gasteiger partial charge is 0.0802 e. The summed E-state index contributed by atoms with van der Waals surface area (Å²) >= 11 is 1.89. The second-order valence-corrected chi connectivity index (χ2v) is 7.44. The Morgan fingerprint density at radius 1 is 1.33 bits per heavy atom. The van der Waals surface area contributed by atoms with Crippen LogP contribution in [0.1, 0.15) is 51.2 Å². The molecule has 2 atom stereocenters. The van der Waals surface area contributed by atoms with Crippen LogP contribution in [0.25, 0.3) is 0 Å². The van der Waals surface area contributed by atoms with Gasteiger partial charge in [0.15, 0.2) is 0 Å². The van der Waals surface area contributed by atoms with E-state index >= 15 is 0 Å². The standard InChI is InChI=1S/C18H29NOS/c1-3-13-21-17-8-6-16(7-9-17)18(20)10-12-19-11-4-5-15(2)14-19/h6-9,15,18,20H,3-5,10-14H2,1-2H3. The molecule has 0 aromatic heterocycles. The minimum absolute atomic E-state index is 0.326. The van der Waals surface area contributed by atoms with Gasteiger partial charge in [0.25, 0.3) is 0 Å². The molecule has 1 aliphatic rings. The highest BCUT2D eigenvalue weighted by atomic mass is 32.2. The fourth-order valence-electron chi connectivity index (χ4n) is 2.97. The normalized spacial score (nSPS) is 21.4. The van der Waals surface area contributed by atoms with E-state index in [1.807, 2.05) is 11.8 Å². The maximum atomic E-state index is 10.4. The topological polar surface area (TPSA) is 23.5 Å². The van der Waals surface area contributed by atoms with E-state index in [0.29, 0.717) is 0 Å². The van der Waals surface area contributed by atoms with Crippen LogP contribution in [0.3, 0.4) is 0 Å². The number of hydrogen-bond acceptors (Lipinski definition) is 3. The Bertz CT molecular complexity index is 406. The number of rotatable bonds is 7. The molecule has 0 spiro atoms. The number of thioether (sulfide) groups is 1. The Kier molecular flexibility index (Phi) is 7.08. The van der Waals surface area contributed by atoms with Gasteiger partial charge in [0, 0.05) is 18.0 Å². The number of piperidine rings is 1. The first-order valence-corrected chi connectivity index (χ1v) is 9.30. The van der Waals surface area contributed by atoms with Gasteiger partial charge < -0.3 is 10.0 Å². The second-order valence-electron chi connectivity index (χ2n) is 6.27. The van der Waals surface area contributed by atoms with Crippen molar-refractivity contribution in [3.05, 3.63) is 29.8 Å². The summed E-state index contributed by atoms with van der Waals surface area (Å²) in [5, 5.41) is 10.4. The zero-order chi connectivity index (χ0) is 15.1. The van der Waals surface area contributed by atoms with E-state index in [9.17, 15) is 5.11 Å². The number of aliphatic hydroxyl groups excluding tert-OH is 1. The third-order valence-corrected chi connectivity index (χ3v) is 5.42. The molecule has 0 aliphatic carbocycles. The highest BCUT2D eigenvalue weighted by molar-refractivity contribution is 7.99. The summed E-state index contributed by atoms with van der Waals surface area (Å²) in [6, 6.07) is 8.45. The van der Waals surface area contributed by atoms with Crippen LogP contribution in [0.5, 0.6) is 0 Å². The Balaban J connectivity index is 1.78. The summed E-state index contributed by atoms with van der Waals surface area (Å²) in [5.74, 6) is 1.97. The van der Waals surface area contributed by atoms with Crippen LogP contribution in [-0.4, -0.2) is 35.4 Å². The van der Waals surface area contributed by atoms with Gasteiger partial charge in [-0.05, 0) is 61.6 Å². The third kappa shape index (κ3) is 5.65. The maximum absolute atomic E-state index is 10.4. The van der Waals surface area contributed by atoms with E-state index in [4.69, 9.17) is 0 Å². The molecule has 0 bridgehead atoms. The van der Waals surface area contributed by atoms with Gasteiger partial charge in [-0.2, -0.15) is 0 Å². The van der Waals surface area contributed by atoms with Crippen molar-refractivity contribution >= 4 is 11.8 Å². The van der Waals surface area contributed by atoms with Crippen LogP contribution < -0.4 is 0 Å². The average Bonchev–Trinajstić information content (AvgIpc) is 2.51. The SMILES string of the molecule is CCCSc1ccc(C(O)CCN2CCCC(C)C2)cc1. The van der Waals surface area contributed by atoms with Gasteiger partial charge in [-0.25, -0.2) is 0 Å². The van der Waals surface area contributed by atoms with E-state index in [-0.39, 0.29) is 6.10 Å². The van der Waals surface area contributed by atoms with Crippen LogP contribution in [0.15, 0.2) is 29.2 Å². The highest BCUT2D eigenvalue weighted by Gasteiger charge is 2.17. The molecule has 3 heteroatoms. The number of hydrogen-bond donors (Lipinski definition) is 1. The molecule has 0 amide bonds. The van der Waals surface area contributed by atoms with Gasteiger partial charge in [0.1, 0.15) is 0 Å². The van der Waals surface area contributed by atoms with Gasteiger partial charge in [-0.3, -0.25) is 0 Å². The molecule has 1 aromatic carbocycles. The molecule has 118 valence electrons. The molecule has 2 rings (SSSR count). The van der Waals surface area contributed by atoms with Gasteiger partial charge in [-0.15, -0.1) is 11.8 Å². The molecule has 2 unspecified atom stereocenters. The van der Waals surface area contributed by atoms with E-state index in [1.165, 1.54) is 37.2 Å². The molecule has 0 saturated carbocycles. The van der Waals surface area contributed by atoms with Crippen LogP contribution in [0.4, 0.5) is 0 Å². The van der Waals surface area contributed by atoms with Crippen molar-refractivity contribution in [2.75, 3.05) is 25.4 Å². The average molecular weight is 308 g/mol. The predicted molar refractivity (Wildman–Crippen MR) is 91.9 cm³/mol. The van der Waals surface area contributed by atoms with Crippen LogP contribution >= 0.6 is 11.8 Å². The summed E-state index contributed by atoms with van der Waals surface area (Å²) in [7, 11) is 0. The summed E-state index contributed by atoms with van der Waals surface area (Å²) in [6.45, 7) is 7.93. The Morgan fingerprint density at radius 2 is 2.10 bits per heavy atom. The third-order valence-electron chi connectivity index (χ3n) is 4.20. The lowest BCUT2D eigenvalue weighted by molar-refractivity contribution is 0.122. The first-order chi connectivity index (χ1) is 10.2. The Hall–Kier alpha value is -0.510. The van der Waals surface area contributed by atoms with Crippen molar-refractivity contribution in [3.8, 4) is 0 Å². The molecular weight excluding hydrogens is 278 g/mol. The van der Waals surface area contributed by atoms with Crippen LogP contribution in [-0.2, 0) is 0 Å². The predicted octanol–water partition coefficient (Wildman–Crippen LogP) is 4.34. The van der Waals surface area contributed by atoms with Gasteiger partial charge in [-0.1, -0.05) is 26.0 Å². The monoisotopic (exact) mass is 307 g/mol. The van der Waals surface area contributed by atoms with Gasteiger partial charge in [0.05, 0.1) is 6.10 Å². The summed E-state index contributed by atoms with van der Waals surface area (Å²) in [4.78, 5) is 3.81. The number of aliphatic hydroxyl groups is 1. The van der Waals surface area contributed by atoms with Crippen molar-refractivity contribution in [1.82, 2.24) is 4.90 Å². The Morgan fingerprint density at radius 3 is 2.76 bits per heavy atom. The van der Waals surface area contributed by atoms with E-state index in [2.05, 4.69) is 43.0 Å². The molecule has 21 heavy (non-hydrogen) atoms. The molecule has 1 saturated heterocycles. The molecule has 1 heterocycles. The fourth-order valence-corrected chi connectivity index (χ4v) is 3.74. The van der Waals surface area contributed by atoms with Gasteiger partial charge >= 0.3 is 0 Å². The number of benzene rings is 1. The molecule has 0 radical (unpaired) electrons. The first kappa shape index (κ1) is 16.9. The highest BCUT2D eigenvalue weighted by Crippen LogP contribution is 2.24. The van der Waals surface area contributed by atoms with E-state index in [1.54, 1.807) is 0 Å². The fraction of sp³-hybridized carbons (Fsp3) is 0.667. The molecule has 1 fully saturated rings. The van der Waals surface area contributed by atoms with Crippen molar-refractivity contribution in [2.45, 2.75) is 50.5 Å². The molecular formula is C18H29NOS. The first-order valence-electron chi connectivity index (χ1n) is 8.32. The summed E-state index contributed by atoms with van der Waals surface area (Å²) in [6.07, 6.45) is 4.38. The zero-order valence-corrected chi connectivity index (χ0v) is 14.2. The summed E-state index contributed by atoms with van der Waals surface area (Å²) < 4.78 is 0. The van der Waals surface area contributed by atoms with Crippen LogP contribution in [0.2, 0.25) is 0 Å². The summed E-state index contributed by atoms with van der Waals surface area (Å²) in [5.41, 5.74) is 1.06. The van der Waals surface area contributed by atoms with E-state index < -0.39 is 0 Å². The lowest BCUT2D eigenvalue weighted by Gasteiger charge is -2.31. The van der Waals surface area contributed by atoms with Gasteiger partial charge in [0.2, 0.25) is 0 Å². The van der Waals surface area contributed by atoms with E-state index in [0.717, 1.165) is 30.2 Å². The van der Waals surface area contributed by atoms with Crippen molar-refractivity contribution in [2.24, 2.45) is 5.92 Å². The number of likely N-dealkylation sites (tertiary alicyclic amines) is 1. The molecule has 1 N–H and O–H groups in total. The minimum atomic E-state index is -0.326. The maximum Gasteiger partial charge on any atom is 0.0802 e. The largest absolute Gasteiger partial charge is 0.388 e. The quantitative estimate of drug-likeness (QED) is 0.758. The molecule has 1 aliphatic heterocycles. The molecule has 1 aromatic rings. The lowest BCUT2D eigenvalue weighted by atomic mass is 9.99. The van der Waals surface area contributed by atoms with Crippen LogP contribution in [0, 0.1) is 5.92 Å². The second kappa shape index (κ2) is 8.82.